The van der Waals surface area contributed by atoms with Crippen molar-refractivity contribution in [1.29, 1.82) is 0 Å². The summed E-state index contributed by atoms with van der Waals surface area (Å²) in [6.45, 7) is 5.57. The van der Waals surface area contributed by atoms with E-state index in [-0.39, 0.29) is 23.3 Å². The number of benzene rings is 1. The molecule has 0 fully saturated rings. The van der Waals surface area contributed by atoms with Crippen LogP contribution in [0.5, 0.6) is 0 Å². The van der Waals surface area contributed by atoms with Crippen LogP contribution in [0.3, 0.4) is 0 Å². The number of carbonyl (C=O) groups is 1. The van der Waals surface area contributed by atoms with Gasteiger partial charge in [-0.25, -0.2) is 0 Å². The molecular formula is C20H20BrClF3N5O. The first-order chi connectivity index (χ1) is 14.5. The maximum atomic E-state index is 13.0. The highest BCUT2D eigenvalue weighted by molar-refractivity contribution is 9.10. The summed E-state index contributed by atoms with van der Waals surface area (Å²) in [6, 6.07) is 7.42. The fraction of sp³-hybridized carbons (Fsp3) is 0.350. The van der Waals surface area contributed by atoms with Crippen LogP contribution in [0.15, 0.2) is 28.7 Å². The van der Waals surface area contributed by atoms with E-state index in [1.54, 1.807) is 17.7 Å². The monoisotopic (exact) mass is 517 g/mol. The van der Waals surface area contributed by atoms with Crippen molar-refractivity contribution in [3.05, 3.63) is 62.1 Å². The maximum Gasteiger partial charge on any atom is 0.436 e. The molecule has 0 aliphatic carbocycles. The smallest absolute Gasteiger partial charge is 0.323 e. The third-order valence-electron chi connectivity index (χ3n) is 4.88. The van der Waals surface area contributed by atoms with Crippen LogP contribution in [0, 0.1) is 20.8 Å². The molecule has 0 radical (unpaired) electrons. The second kappa shape index (κ2) is 9.04. The molecule has 1 aromatic carbocycles. The lowest BCUT2D eigenvalue weighted by Crippen LogP contribution is -2.17. The number of nitrogens with zero attached hydrogens (tertiary/aromatic N) is 4. The van der Waals surface area contributed by atoms with Crippen LogP contribution in [0.25, 0.3) is 0 Å². The summed E-state index contributed by atoms with van der Waals surface area (Å²) in [5.41, 5.74) is 2.16. The number of alkyl halides is 3. The lowest BCUT2D eigenvalue weighted by Gasteiger charge is -2.09. The van der Waals surface area contributed by atoms with Crippen LogP contribution in [0.4, 0.5) is 18.9 Å². The van der Waals surface area contributed by atoms with Gasteiger partial charge in [0.05, 0.1) is 40.3 Å². The van der Waals surface area contributed by atoms with Crippen molar-refractivity contribution in [3.63, 3.8) is 0 Å². The van der Waals surface area contributed by atoms with Crippen LogP contribution < -0.4 is 5.32 Å². The van der Waals surface area contributed by atoms with Crippen LogP contribution in [-0.4, -0.2) is 25.5 Å². The Morgan fingerprint density at radius 2 is 1.81 bits per heavy atom. The normalized spacial score (nSPS) is 11.7. The Labute approximate surface area is 190 Å². The molecular weight excluding hydrogens is 499 g/mol. The number of aryl methyl sites for hydroxylation is 2. The molecule has 1 N–H and O–H groups in total. The van der Waals surface area contributed by atoms with Gasteiger partial charge < -0.3 is 5.32 Å². The van der Waals surface area contributed by atoms with Gasteiger partial charge in [-0.05, 0) is 48.3 Å². The van der Waals surface area contributed by atoms with Crippen LogP contribution >= 0.6 is 27.5 Å². The van der Waals surface area contributed by atoms with Crippen molar-refractivity contribution in [2.45, 2.75) is 46.5 Å². The number of hydrogen-bond donors (Lipinski definition) is 1. The molecule has 1 amide bonds. The predicted molar refractivity (Wildman–Crippen MR) is 115 cm³/mol. The molecule has 0 bridgehead atoms. The average molecular weight is 519 g/mol. The number of aromatic nitrogens is 4. The first-order valence-corrected chi connectivity index (χ1v) is 10.5. The predicted octanol–water partition coefficient (Wildman–Crippen LogP) is 5.52. The second-order valence-electron chi connectivity index (χ2n) is 7.06. The van der Waals surface area contributed by atoms with E-state index < -0.39 is 11.9 Å². The Hall–Kier alpha value is -2.33. The zero-order valence-corrected chi connectivity index (χ0v) is 19.4. The summed E-state index contributed by atoms with van der Waals surface area (Å²) >= 11 is 9.15. The molecule has 2 heterocycles. The largest absolute Gasteiger partial charge is 0.436 e. The number of amides is 1. The molecule has 0 unspecified atom stereocenters. The van der Waals surface area contributed by atoms with E-state index in [4.69, 9.17) is 11.6 Å². The van der Waals surface area contributed by atoms with E-state index in [0.717, 1.165) is 11.3 Å². The molecule has 11 heteroatoms. The summed E-state index contributed by atoms with van der Waals surface area (Å²) in [4.78, 5) is 12.5. The van der Waals surface area contributed by atoms with E-state index in [1.807, 2.05) is 25.1 Å². The number of rotatable bonds is 6. The van der Waals surface area contributed by atoms with Gasteiger partial charge in [-0.2, -0.15) is 23.4 Å². The Bertz CT molecular complexity index is 1120. The fourth-order valence-corrected chi connectivity index (χ4v) is 3.86. The Morgan fingerprint density at radius 1 is 1.13 bits per heavy atom. The van der Waals surface area contributed by atoms with Gasteiger partial charge in [0, 0.05) is 11.4 Å². The van der Waals surface area contributed by atoms with Gasteiger partial charge in [-0.3, -0.25) is 14.2 Å². The van der Waals surface area contributed by atoms with Gasteiger partial charge in [0.2, 0.25) is 5.91 Å². The average Bonchev–Trinajstić information content (AvgIpc) is 3.12. The van der Waals surface area contributed by atoms with Crippen LogP contribution in [0.1, 0.15) is 34.8 Å². The minimum Gasteiger partial charge on any atom is -0.323 e. The van der Waals surface area contributed by atoms with Gasteiger partial charge in [0.1, 0.15) is 0 Å². The number of halogens is 5. The molecule has 0 saturated heterocycles. The van der Waals surface area contributed by atoms with Crippen molar-refractivity contribution in [3.8, 4) is 0 Å². The molecule has 0 spiro atoms. The lowest BCUT2D eigenvalue weighted by atomic mass is 10.2. The van der Waals surface area contributed by atoms with E-state index in [1.165, 1.54) is 11.6 Å². The summed E-state index contributed by atoms with van der Waals surface area (Å²) in [5.74, 6) is -0.344. The number of nitrogens with one attached hydrogen (secondary N) is 1. The highest BCUT2D eigenvalue weighted by atomic mass is 79.9. The Balaban J connectivity index is 1.69. The molecule has 6 nitrogen and oxygen atoms in total. The Kier molecular flexibility index (Phi) is 6.80. The van der Waals surface area contributed by atoms with Crippen molar-refractivity contribution in [2.75, 3.05) is 5.32 Å². The lowest BCUT2D eigenvalue weighted by molar-refractivity contribution is -0.142. The molecule has 0 saturated carbocycles. The summed E-state index contributed by atoms with van der Waals surface area (Å²) in [5, 5.41) is 11.5. The summed E-state index contributed by atoms with van der Waals surface area (Å²) < 4.78 is 41.8. The number of carbonyl (C=O) groups excluding carboxylic acids is 1. The summed E-state index contributed by atoms with van der Waals surface area (Å²) in [6.07, 6.45) is -4.61. The molecule has 0 aliphatic heterocycles. The third-order valence-corrected chi connectivity index (χ3v) is 6.19. The minimum atomic E-state index is -4.57. The zero-order valence-electron chi connectivity index (χ0n) is 17.0. The van der Waals surface area contributed by atoms with Crippen LogP contribution in [-0.2, 0) is 24.1 Å². The minimum absolute atomic E-state index is 0.0121. The second-order valence-corrected chi connectivity index (χ2v) is 8.26. The summed E-state index contributed by atoms with van der Waals surface area (Å²) in [7, 11) is 0. The van der Waals surface area contributed by atoms with E-state index in [9.17, 15) is 18.0 Å². The van der Waals surface area contributed by atoms with E-state index in [2.05, 4.69) is 31.4 Å². The third kappa shape index (κ3) is 5.12. The quantitative estimate of drug-likeness (QED) is 0.468. The number of anilines is 1. The molecule has 3 aromatic rings. The van der Waals surface area contributed by atoms with E-state index >= 15 is 0 Å². The molecule has 0 aliphatic rings. The highest BCUT2D eigenvalue weighted by Gasteiger charge is 2.37. The molecule has 2 aromatic heterocycles. The number of hydrogen-bond acceptors (Lipinski definition) is 3. The topological polar surface area (TPSA) is 64.7 Å². The molecule has 0 atom stereocenters. The van der Waals surface area contributed by atoms with E-state index in [0.29, 0.717) is 28.6 Å². The first-order valence-electron chi connectivity index (χ1n) is 9.36. The molecule has 166 valence electrons. The van der Waals surface area contributed by atoms with Gasteiger partial charge >= 0.3 is 6.18 Å². The molecule has 31 heavy (non-hydrogen) atoms. The van der Waals surface area contributed by atoms with Crippen molar-refractivity contribution >= 4 is 39.1 Å². The van der Waals surface area contributed by atoms with Gasteiger partial charge in [0.15, 0.2) is 5.69 Å². The first kappa shape index (κ1) is 23.3. The SMILES string of the molecule is Cc1nn(Cc2ccccc2Cl)c(C)c1NC(=O)CCn1nc(C(F)(F)F)c(Br)c1C. The van der Waals surface area contributed by atoms with Crippen molar-refractivity contribution in [1.82, 2.24) is 19.6 Å². The highest BCUT2D eigenvalue weighted by Crippen LogP contribution is 2.35. The maximum absolute atomic E-state index is 13.0. The van der Waals surface area contributed by atoms with Crippen LogP contribution in [0.2, 0.25) is 5.02 Å². The fourth-order valence-electron chi connectivity index (χ4n) is 3.15. The van der Waals surface area contributed by atoms with Gasteiger partial charge in [0.25, 0.3) is 0 Å². The standard InChI is InChI=1S/C20H20BrClF3N5O/c1-11-18(13(3)30(27-11)10-14-6-4-5-7-15(14)22)26-16(31)8-9-29-12(2)17(21)19(28-29)20(23,24)25/h4-7H,8-10H2,1-3H3,(H,26,31). The zero-order chi connectivity index (χ0) is 22.9. The van der Waals surface area contributed by atoms with Gasteiger partial charge in [-0.15, -0.1) is 0 Å². The van der Waals surface area contributed by atoms with Gasteiger partial charge in [-0.1, -0.05) is 29.8 Å². The van der Waals surface area contributed by atoms with Crippen molar-refractivity contribution < 1.29 is 18.0 Å². The Morgan fingerprint density at radius 3 is 2.42 bits per heavy atom. The molecule has 3 rings (SSSR count). The van der Waals surface area contributed by atoms with Crippen molar-refractivity contribution in [2.24, 2.45) is 0 Å².